The molecular formula is C14H20F2N2O. The van der Waals surface area contributed by atoms with Crippen LogP contribution in [0.3, 0.4) is 0 Å². The molecule has 3 nitrogen and oxygen atoms in total. The number of alkyl halides is 2. The molecule has 2 heterocycles. The maximum absolute atomic E-state index is 12.8. The van der Waals surface area contributed by atoms with Gasteiger partial charge in [-0.2, -0.15) is 0 Å². The van der Waals surface area contributed by atoms with Crippen LogP contribution in [0.5, 0.6) is 0 Å². The molecule has 0 aromatic carbocycles. The Balaban J connectivity index is 1.48. The quantitative estimate of drug-likeness (QED) is 0.730. The van der Waals surface area contributed by atoms with Crippen molar-refractivity contribution in [1.29, 1.82) is 0 Å². The fraction of sp³-hybridized carbons (Fsp3) is 0.786. The summed E-state index contributed by atoms with van der Waals surface area (Å²) in [4.78, 5) is 16.1. The summed E-state index contributed by atoms with van der Waals surface area (Å²) in [5.74, 6) is -3.09. The Morgan fingerprint density at radius 3 is 2.58 bits per heavy atom. The zero-order valence-electron chi connectivity index (χ0n) is 11.1. The minimum absolute atomic E-state index is 0.0567. The van der Waals surface area contributed by atoms with Crippen LogP contribution in [0.2, 0.25) is 0 Å². The number of carbonyl (C=O) groups is 1. The van der Waals surface area contributed by atoms with E-state index in [1.165, 1.54) is 0 Å². The molecule has 2 aliphatic heterocycles. The van der Waals surface area contributed by atoms with E-state index in [1.54, 1.807) is 4.90 Å². The zero-order chi connectivity index (χ0) is 13.7. The summed E-state index contributed by atoms with van der Waals surface area (Å²) in [7, 11) is 0. The van der Waals surface area contributed by atoms with Crippen molar-refractivity contribution in [3.8, 4) is 0 Å². The van der Waals surface area contributed by atoms with Crippen LogP contribution in [0.25, 0.3) is 0 Å². The lowest BCUT2D eigenvalue weighted by Gasteiger charge is -2.50. The van der Waals surface area contributed by atoms with E-state index in [9.17, 15) is 13.6 Å². The zero-order valence-corrected chi connectivity index (χ0v) is 11.1. The van der Waals surface area contributed by atoms with Crippen molar-refractivity contribution in [3.63, 3.8) is 0 Å². The summed E-state index contributed by atoms with van der Waals surface area (Å²) in [5, 5.41) is 0. The van der Waals surface area contributed by atoms with Gasteiger partial charge >= 0.3 is 0 Å². The lowest BCUT2D eigenvalue weighted by molar-refractivity contribution is -0.169. The molecule has 106 valence electrons. The van der Waals surface area contributed by atoms with Crippen molar-refractivity contribution in [1.82, 2.24) is 9.80 Å². The van der Waals surface area contributed by atoms with Crippen LogP contribution in [-0.4, -0.2) is 54.4 Å². The van der Waals surface area contributed by atoms with E-state index in [0.29, 0.717) is 0 Å². The standard InChI is InChI=1S/C14H20F2N2O/c1-2-4-17-5-3-13(8-17)9-18(10-13)12(19)11-6-14(15,16)7-11/h2,11H,1,3-10H2. The molecular weight excluding hydrogens is 250 g/mol. The number of carbonyl (C=O) groups excluding carboxylic acids is 1. The molecule has 3 fully saturated rings. The predicted molar refractivity (Wildman–Crippen MR) is 67.9 cm³/mol. The monoisotopic (exact) mass is 270 g/mol. The molecule has 0 bridgehead atoms. The number of amides is 1. The van der Waals surface area contributed by atoms with E-state index in [2.05, 4.69) is 11.5 Å². The summed E-state index contributed by atoms with van der Waals surface area (Å²) in [6.07, 6.45) is 2.50. The Bertz CT molecular complexity index is 396. The number of rotatable bonds is 3. The van der Waals surface area contributed by atoms with Crippen molar-refractivity contribution in [3.05, 3.63) is 12.7 Å². The van der Waals surface area contributed by atoms with Gasteiger partial charge in [-0.3, -0.25) is 9.69 Å². The Morgan fingerprint density at radius 2 is 2.00 bits per heavy atom. The molecule has 0 atom stereocenters. The molecule has 0 unspecified atom stereocenters. The maximum Gasteiger partial charge on any atom is 0.249 e. The Kier molecular flexibility index (Phi) is 2.93. The van der Waals surface area contributed by atoms with Gasteiger partial charge in [0.2, 0.25) is 11.8 Å². The van der Waals surface area contributed by atoms with Crippen molar-refractivity contribution in [2.24, 2.45) is 11.3 Å². The van der Waals surface area contributed by atoms with E-state index in [-0.39, 0.29) is 24.2 Å². The number of nitrogens with zero attached hydrogens (tertiary/aromatic N) is 2. The lowest BCUT2D eigenvalue weighted by Crippen LogP contribution is -2.62. The van der Waals surface area contributed by atoms with Gasteiger partial charge in [0.15, 0.2) is 0 Å². The molecule has 19 heavy (non-hydrogen) atoms. The molecule has 0 aromatic heterocycles. The Hall–Kier alpha value is -0.970. The second kappa shape index (κ2) is 4.27. The molecule has 0 aromatic rings. The number of hydrogen-bond donors (Lipinski definition) is 0. The van der Waals surface area contributed by atoms with Gasteiger partial charge in [0.25, 0.3) is 0 Å². The highest BCUT2D eigenvalue weighted by molar-refractivity contribution is 5.81. The summed E-state index contributed by atoms with van der Waals surface area (Å²) in [6.45, 7) is 8.19. The van der Waals surface area contributed by atoms with E-state index in [0.717, 1.165) is 39.1 Å². The highest BCUT2D eigenvalue weighted by Gasteiger charge is 2.54. The van der Waals surface area contributed by atoms with Gasteiger partial charge in [-0.05, 0) is 13.0 Å². The van der Waals surface area contributed by atoms with Crippen LogP contribution >= 0.6 is 0 Å². The number of hydrogen-bond acceptors (Lipinski definition) is 2. The van der Waals surface area contributed by atoms with Gasteiger partial charge < -0.3 is 4.90 Å². The first-order valence-electron chi connectivity index (χ1n) is 6.93. The summed E-state index contributed by atoms with van der Waals surface area (Å²) >= 11 is 0. The van der Waals surface area contributed by atoms with Crippen LogP contribution in [-0.2, 0) is 4.79 Å². The summed E-state index contributed by atoms with van der Waals surface area (Å²) in [5.41, 5.74) is 0.227. The second-order valence-electron chi connectivity index (χ2n) is 6.43. The molecule has 0 radical (unpaired) electrons. The molecule has 1 amide bonds. The first-order chi connectivity index (χ1) is 8.93. The van der Waals surface area contributed by atoms with Crippen LogP contribution in [0.15, 0.2) is 12.7 Å². The van der Waals surface area contributed by atoms with E-state index < -0.39 is 11.8 Å². The van der Waals surface area contributed by atoms with Crippen molar-refractivity contribution in [2.45, 2.75) is 25.2 Å². The van der Waals surface area contributed by atoms with Gasteiger partial charge in [-0.1, -0.05) is 6.08 Å². The maximum atomic E-state index is 12.8. The summed E-state index contributed by atoms with van der Waals surface area (Å²) in [6, 6.07) is 0. The molecule has 3 rings (SSSR count). The predicted octanol–water partition coefficient (Wildman–Crippen LogP) is 1.75. The molecule has 1 aliphatic carbocycles. The minimum atomic E-state index is -2.60. The third kappa shape index (κ3) is 2.29. The fourth-order valence-electron chi connectivity index (χ4n) is 3.64. The van der Waals surface area contributed by atoms with E-state index in [1.807, 2.05) is 6.08 Å². The van der Waals surface area contributed by atoms with Gasteiger partial charge in [0.05, 0.1) is 0 Å². The molecule has 1 saturated carbocycles. The third-order valence-electron chi connectivity index (χ3n) is 4.71. The van der Waals surface area contributed by atoms with Gasteiger partial charge in [-0.25, -0.2) is 8.78 Å². The third-order valence-corrected chi connectivity index (χ3v) is 4.71. The second-order valence-corrected chi connectivity index (χ2v) is 6.43. The number of likely N-dealkylation sites (tertiary alicyclic amines) is 2. The highest BCUT2D eigenvalue weighted by atomic mass is 19.3. The molecule has 0 N–H and O–H groups in total. The average Bonchev–Trinajstić information content (AvgIpc) is 2.67. The highest BCUT2D eigenvalue weighted by Crippen LogP contribution is 2.46. The van der Waals surface area contributed by atoms with Crippen LogP contribution in [0, 0.1) is 11.3 Å². The van der Waals surface area contributed by atoms with Crippen LogP contribution in [0.4, 0.5) is 8.78 Å². The molecule has 2 saturated heterocycles. The van der Waals surface area contributed by atoms with Crippen LogP contribution < -0.4 is 0 Å². The van der Waals surface area contributed by atoms with Crippen molar-refractivity contribution in [2.75, 3.05) is 32.7 Å². The SMILES string of the molecule is C=CCN1CCC2(C1)CN(C(=O)C1CC(F)(F)C1)C2. The molecule has 5 heteroatoms. The van der Waals surface area contributed by atoms with Gasteiger partial charge in [0, 0.05) is 50.4 Å². The van der Waals surface area contributed by atoms with Gasteiger partial charge in [-0.15, -0.1) is 6.58 Å². The van der Waals surface area contributed by atoms with Crippen molar-refractivity contribution >= 4 is 5.91 Å². The molecule has 3 aliphatic rings. The summed E-state index contributed by atoms with van der Waals surface area (Å²) < 4.78 is 25.6. The minimum Gasteiger partial charge on any atom is -0.341 e. The lowest BCUT2D eigenvalue weighted by atomic mass is 9.75. The van der Waals surface area contributed by atoms with Crippen molar-refractivity contribution < 1.29 is 13.6 Å². The normalized spacial score (nSPS) is 29.1. The molecule has 1 spiro atoms. The largest absolute Gasteiger partial charge is 0.341 e. The van der Waals surface area contributed by atoms with E-state index >= 15 is 0 Å². The topological polar surface area (TPSA) is 23.6 Å². The first-order valence-corrected chi connectivity index (χ1v) is 6.93. The van der Waals surface area contributed by atoms with Crippen LogP contribution in [0.1, 0.15) is 19.3 Å². The smallest absolute Gasteiger partial charge is 0.249 e. The average molecular weight is 270 g/mol. The number of halogens is 2. The Morgan fingerprint density at radius 1 is 1.32 bits per heavy atom. The van der Waals surface area contributed by atoms with Gasteiger partial charge in [0.1, 0.15) is 0 Å². The Labute approximate surface area is 112 Å². The fourth-order valence-corrected chi connectivity index (χ4v) is 3.64. The first kappa shape index (κ1) is 13.0. The van der Waals surface area contributed by atoms with E-state index in [4.69, 9.17) is 0 Å².